The summed E-state index contributed by atoms with van der Waals surface area (Å²) in [5, 5.41) is 0.743. The first-order chi connectivity index (χ1) is 11.1. The minimum Gasteiger partial charge on any atom is -0.424 e. The van der Waals surface area contributed by atoms with Crippen molar-refractivity contribution < 1.29 is 4.74 Å². The van der Waals surface area contributed by atoms with Gasteiger partial charge in [0.05, 0.1) is 4.47 Å². The van der Waals surface area contributed by atoms with Crippen LogP contribution in [0, 0.1) is 13.8 Å². The molecule has 0 aliphatic rings. The predicted molar refractivity (Wildman–Crippen MR) is 91.9 cm³/mol. The Balaban J connectivity index is 1.70. The number of halogens is 1. The summed E-state index contributed by atoms with van der Waals surface area (Å²) in [5.74, 6) is 0.679. The van der Waals surface area contributed by atoms with Crippen LogP contribution in [0.25, 0.3) is 0 Å². The van der Waals surface area contributed by atoms with Gasteiger partial charge in [-0.15, -0.1) is 0 Å². The molecule has 23 heavy (non-hydrogen) atoms. The summed E-state index contributed by atoms with van der Waals surface area (Å²) in [6.07, 6.45) is 3.29. The van der Waals surface area contributed by atoms with E-state index in [1.54, 1.807) is 12.4 Å². The van der Waals surface area contributed by atoms with Gasteiger partial charge in [0.15, 0.2) is 5.16 Å². The summed E-state index contributed by atoms with van der Waals surface area (Å²) in [4.78, 5) is 18.0. The van der Waals surface area contributed by atoms with Gasteiger partial charge >= 0.3 is 6.01 Å². The Morgan fingerprint density at radius 1 is 0.957 bits per heavy atom. The van der Waals surface area contributed by atoms with Crippen LogP contribution in [0.2, 0.25) is 0 Å². The zero-order valence-electron chi connectivity index (χ0n) is 12.5. The van der Waals surface area contributed by atoms with Gasteiger partial charge in [0.2, 0.25) is 0 Å². The maximum absolute atomic E-state index is 5.59. The second-order valence-electron chi connectivity index (χ2n) is 4.79. The molecule has 2 heterocycles. The van der Waals surface area contributed by atoms with E-state index in [-0.39, 0.29) is 0 Å². The average molecular weight is 389 g/mol. The molecule has 0 radical (unpaired) electrons. The molecule has 1 aromatic carbocycles. The molecule has 7 heteroatoms. The Morgan fingerprint density at radius 2 is 1.57 bits per heavy atom. The highest BCUT2D eigenvalue weighted by Crippen LogP contribution is 2.28. The van der Waals surface area contributed by atoms with Crippen molar-refractivity contribution in [2.45, 2.75) is 23.9 Å². The van der Waals surface area contributed by atoms with E-state index in [1.165, 1.54) is 11.8 Å². The van der Waals surface area contributed by atoms with E-state index in [2.05, 4.69) is 35.9 Å². The molecule has 5 nitrogen and oxygen atoms in total. The topological polar surface area (TPSA) is 60.8 Å². The van der Waals surface area contributed by atoms with Crippen molar-refractivity contribution in [3.8, 4) is 11.8 Å². The molecule has 0 spiro atoms. The summed E-state index contributed by atoms with van der Waals surface area (Å²) in [6, 6.07) is 9.93. The van der Waals surface area contributed by atoms with Gasteiger partial charge in [-0.25, -0.2) is 19.9 Å². The molecule has 0 aliphatic carbocycles. The third-order valence-corrected chi connectivity index (χ3v) is 4.08. The number of hydrogen-bond donors (Lipinski definition) is 0. The molecule has 0 fully saturated rings. The van der Waals surface area contributed by atoms with Crippen LogP contribution in [0.4, 0.5) is 0 Å². The molecular weight excluding hydrogens is 376 g/mol. The number of benzene rings is 1. The third-order valence-electron chi connectivity index (χ3n) is 2.80. The number of aryl methyl sites for hydroxylation is 2. The molecule has 0 atom stereocenters. The zero-order chi connectivity index (χ0) is 16.2. The number of aromatic nitrogens is 4. The minimum absolute atomic E-state index is 0.311. The van der Waals surface area contributed by atoms with E-state index >= 15 is 0 Å². The zero-order valence-corrected chi connectivity index (χ0v) is 14.9. The molecule has 2 aromatic heterocycles. The predicted octanol–water partition coefficient (Wildman–Crippen LogP) is 4.59. The lowest BCUT2D eigenvalue weighted by Crippen LogP contribution is -1.93. The lowest BCUT2D eigenvalue weighted by molar-refractivity contribution is 0.441. The average Bonchev–Trinajstić information content (AvgIpc) is 2.50. The van der Waals surface area contributed by atoms with Crippen LogP contribution in [0.1, 0.15) is 11.4 Å². The van der Waals surface area contributed by atoms with E-state index in [0.29, 0.717) is 11.8 Å². The Kier molecular flexibility index (Phi) is 4.88. The van der Waals surface area contributed by atoms with Gasteiger partial charge in [-0.05, 0) is 71.9 Å². The molecule has 0 amide bonds. The fourth-order valence-corrected chi connectivity index (χ4v) is 2.95. The van der Waals surface area contributed by atoms with E-state index in [9.17, 15) is 0 Å². The van der Waals surface area contributed by atoms with Crippen molar-refractivity contribution in [3.05, 3.63) is 58.6 Å². The first-order valence-corrected chi connectivity index (χ1v) is 8.45. The molecule has 0 bridgehead atoms. The highest BCUT2D eigenvalue weighted by atomic mass is 79.9. The highest BCUT2D eigenvalue weighted by Gasteiger charge is 2.04. The Hall–Kier alpha value is -1.99. The molecule has 3 aromatic rings. The third kappa shape index (κ3) is 4.49. The second kappa shape index (κ2) is 7.06. The van der Waals surface area contributed by atoms with Crippen molar-refractivity contribution in [3.63, 3.8) is 0 Å². The van der Waals surface area contributed by atoms with Crippen molar-refractivity contribution in [1.82, 2.24) is 19.9 Å². The first kappa shape index (κ1) is 15.9. The summed E-state index contributed by atoms with van der Waals surface area (Å²) in [7, 11) is 0. The fourth-order valence-electron chi connectivity index (χ4n) is 1.88. The molecular formula is C16H13BrN4OS. The second-order valence-corrected chi connectivity index (χ2v) is 6.75. The standard InChI is InChI=1S/C16H13BrN4OS/c1-10-7-11(2)21-16(20-10)23-14-5-3-13(4-6-14)22-15-18-8-12(17)9-19-15/h3-9H,1-2H3. The number of rotatable bonds is 4. The quantitative estimate of drug-likeness (QED) is 0.609. The summed E-state index contributed by atoms with van der Waals surface area (Å²) in [5.41, 5.74) is 1.93. The molecule has 0 unspecified atom stereocenters. The Bertz CT molecular complexity index is 789. The summed E-state index contributed by atoms with van der Waals surface area (Å²) >= 11 is 4.80. The van der Waals surface area contributed by atoms with Gasteiger partial charge in [-0.1, -0.05) is 0 Å². The summed E-state index contributed by atoms with van der Waals surface area (Å²) < 4.78 is 6.40. The molecule has 0 saturated heterocycles. The van der Waals surface area contributed by atoms with E-state index in [4.69, 9.17) is 4.74 Å². The largest absolute Gasteiger partial charge is 0.424 e. The van der Waals surface area contributed by atoms with Gasteiger partial charge < -0.3 is 4.74 Å². The van der Waals surface area contributed by atoms with E-state index in [1.807, 2.05) is 44.2 Å². The van der Waals surface area contributed by atoms with Gasteiger partial charge in [0, 0.05) is 28.7 Å². The van der Waals surface area contributed by atoms with Gasteiger partial charge in [-0.2, -0.15) is 0 Å². The normalized spacial score (nSPS) is 10.6. The number of nitrogens with zero attached hydrogens (tertiary/aromatic N) is 4. The monoisotopic (exact) mass is 388 g/mol. The van der Waals surface area contributed by atoms with Crippen molar-refractivity contribution >= 4 is 27.7 Å². The molecule has 0 saturated carbocycles. The molecule has 116 valence electrons. The number of hydrogen-bond acceptors (Lipinski definition) is 6. The lowest BCUT2D eigenvalue weighted by atomic mass is 10.3. The fraction of sp³-hybridized carbons (Fsp3) is 0.125. The van der Waals surface area contributed by atoms with Crippen molar-refractivity contribution in [1.29, 1.82) is 0 Å². The SMILES string of the molecule is Cc1cc(C)nc(Sc2ccc(Oc3ncc(Br)cn3)cc2)n1. The van der Waals surface area contributed by atoms with Crippen LogP contribution >= 0.6 is 27.7 Å². The van der Waals surface area contributed by atoms with Gasteiger partial charge in [0.25, 0.3) is 0 Å². The minimum atomic E-state index is 0.311. The maximum Gasteiger partial charge on any atom is 0.321 e. The van der Waals surface area contributed by atoms with Gasteiger partial charge in [-0.3, -0.25) is 0 Å². The Morgan fingerprint density at radius 3 is 2.17 bits per heavy atom. The van der Waals surface area contributed by atoms with Crippen LogP contribution in [-0.4, -0.2) is 19.9 Å². The number of ether oxygens (including phenoxy) is 1. The molecule has 0 N–H and O–H groups in total. The molecule has 0 aliphatic heterocycles. The van der Waals surface area contributed by atoms with Crippen LogP contribution in [-0.2, 0) is 0 Å². The highest BCUT2D eigenvalue weighted by molar-refractivity contribution is 9.10. The Labute approximate surface area is 146 Å². The van der Waals surface area contributed by atoms with Crippen LogP contribution in [0.3, 0.4) is 0 Å². The first-order valence-electron chi connectivity index (χ1n) is 6.84. The van der Waals surface area contributed by atoms with E-state index in [0.717, 1.165) is 25.9 Å². The van der Waals surface area contributed by atoms with Gasteiger partial charge in [0.1, 0.15) is 5.75 Å². The lowest BCUT2D eigenvalue weighted by Gasteiger charge is -2.05. The van der Waals surface area contributed by atoms with Crippen molar-refractivity contribution in [2.75, 3.05) is 0 Å². The summed E-state index contributed by atoms with van der Waals surface area (Å²) in [6.45, 7) is 3.93. The van der Waals surface area contributed by atoms with E-state index < -0.39 is 0 Å². The van der Waals surface area contributed by atoms with Crippen LogP contribution in [0.5, 0.6) is 11.8 Å². The maximum atomic E-state index is 5.59. The van der Waals surface area contributed by atoms with Crippen LogP contribution in [0.15, 0.2) is 57.3 Å². The molecule has 3 rings (SSSR count). The van der Waals surface area contributed by atoms with Crippen molar-refractivity contribution in [2.24, 2.45) is 0 Å². The smallest absolute Gasteiger partial charge is 0.321 e. The van der Waals surface area contributed by atoms with Crippen LogP contribution < -0.4 is 4.74 Å².